The van der Waals surface area contributed by atoms with Crippen LogP contribution in [0, 0.1) is 6.92 Å². The third-order valence-electron chi connectivity index (χ3n) is 3.22. The second kappa shape index (κ2) is 4.88. The molecule has 1 saturated heterocycles. The first-order valence-electron chi connectivity index (χ1n) is 5.96. The largest absolute Gasteiger partial charge is 0.497 e. The molecule has 92 valence electrons. The number of aryl methyl sites for hydroxylation is 1. The smallest absolute Gasteiger partial charge is 0.191 e. The summed E-state index contributed by atoms with van der Waals surface area (Å²) in [6, 6.07) is 5.52. The number of ether oxygens (including phenoxy) is 2. The van der Waals surface area contributed by atoms with Crippen molar-refractivity contribution in [2.45, 2.75) is 38.9 Å². The molecule has 1 fully saturated rings. The van der Waals surface area contributed by atoms with E-state index in [9.17, 15) is 4.79 Å². The summed E-state index contributed by atoms with van der Waals surface area (Å²) >= 11 is 0. The quantitative estimate of drug-likeness (QED) is 0.754. The molecule has 0 amide bonds. The van der Waals surface area contributed by atoms with Gasteiger partial charge in [0.25, 0.3) is 0 Å². The normalized spacial score (nSPS) is 23.7. The molecule has 3 heteroatoms. The predicted molar refractivity (Wildman–Crippen MR) is 65.6 cm³/mol. The zero-order chi connectivity index (χ0) is 12.4. The summed E-state index contributed by atoms with van der Waals surface area (Å²) in [7, 11) is 1.62. The fourth-order valence-corrected chi connectivity index (χ4v) is 2.21. The van der Waals surface area contributed by atoms with Gasteiger partial charge in [0, 0.05) is 5.56 Å². The lowest BCUT2D eigenvalue weighted by atomic mass is 9.99. The number of carbonyl (C=O) groups is 1. The first-order chi connectivity index (χ1) is 8.11. The maximum absolute atomic E-state index is 12.2. The molecule has 2 unspecified atom stereocenters. The fraction of sp³-hybridized carbons (Fsp3) is 0.500. The molecular weight excluding hydrogens is 216 g/mol. The van der Waals surface area contributed by atoms with Crippen LogP contribution in [0.2, 0.25) is 0 Å². The van der Waals surface area contributed by atoms with E-state index in [1.165, 1.54) is 0 Å². The standard InChI is InChI=1S/C14H18O3/c1-9-8-11(16-3)5-6-12(9)14(15)13-7-4-10(2)17-13/h5-6,8,10,13H,4,7H2,1-3H3. The molecule has 1 aromatic carbocycles. The third kappa shape index (κ3) is 2.50. The molecule has 0 saturated carbocycles. The Morgan fingerprint density at radius 2 is 2.18 bits per heavy atom. The van der Waals surface area contributed by atoms with E-state index < -0.39 is 0 Å². The van der Waals surface area contributed by atoms with E-state index in [2.05, 4.69) is 0 Å². The Kier molecular flexibility index (Phi) is 3.48. The van der Waals surface area contributed by atoms with Crippen LogP contribution in [0.4, 0.5) is 0 Å². The van der Waals surface area contributed by atoms with Crippen LogP contribution in [0.5, 0.6) is 5.75 Å². The summed E-state index contributed by atoms with van der Waals surface area (Å²) < 4.78 is 10.7. The number of methoxy groups -OCH3 is 1. The van der Waals surface area contributed by atoms with Crippen molar-refractivity contribution in [2.75, 3.05) is 7.11 Å². The number of rotatable bonds is 3. The van der Waals surface area contributed by atoms with E-state index in [-0.39, 0.29) is 18.0 Å². The molecule has 1 aliphatic heterocycles. The molecule has 17 heavy (non-hydrogen) atoms. The molecule has 3 nitrogen and oxygen atoms in total. The van der Waals surface area contributed by atoms with Crippen LogP contribution < -0.4 is 4.74 Å². The molecule has 1 heterocycles. The van der Waals surface area contributed by atoms with Crippen LogP contribution in [0.15, 0.2) is 18.2 Å². The Labute approximate surface area is 102 Å². The SMILES string of the molecule is COc1ccc(C(=O)C2CCC(C)O2)c(C)c1. The van der Waals surface area contributed by atoms with E-state index in [1.54, 1.807) is 7.11 Å². The van der Waals surface area contributed by atoms with Crippen molar-refractivity contribution in [2.24, 2.45) is 0 Å². The lowest BCUT2D eigenvalue weighted by molar-refractivity contribution is 0.0433. The van der Waals surface area contributed by atoms with Gasteiger partial charge < -0.3 is 9.47 Å². The molecule has 0 spiro atoms. The van der Waals surface area contributed by atoms with Crippen molar-refractivity contribution in [1.82, 2.24) is 0 Å². The maximum atomic E-state index is 12.2. The highest BCUT2D eigenvalue weighted by atomic mass is 16.5. The first-order valence-corrected chi connectivity index (χ1v) is 5.96. The van der Waals surface area contributed by atoms with Gasteiger partial charge in [-0.3, -0.25) is 4.79 Å². The zero-order valence-corrected chi connectivity index (χ0v) is 10.5. The Morgan fingerprint density at radius 3 is 2.71 bits per heavy atom. The molecular formula is C14H18O3. The van der Waals surface area contributed by atoms with E-state index in [0.29, 0.717) is 0 Å². The lowest BCUT2D eigenvalue weighted by Gasteiger charge is -2.12. The van der Waals surface area contributed by atoms with Crippen molar-refractivity contribution < 1.29 is 14.3 Å². The van der Waals surface area contributed by atoms with Gasteiger partial charge in [-0.05, 0) is 50.5 Å². The molecule has 0 radical (unpaired) electrons. The van der Waals surface area contributed by atoms with E-state index >= 15 is 0 Å². The van der Waals surface area contributed by atoms with E-state index in [1.807, 2.05) is 32.0 Å². The van der Waals surface area contributed by atoms with Gasteiger partial charge in [-0.2, -0.15) is 0 Å². The molecule has 0 bridgehead atoms. The van der Waals surface area contributed by atoms with Gasteiger partial charge in [0.2, 0.25) is 0 Å². The second-order valence-corrected chi connectivity index (χ2v) is 4.56. The topological polar surface area (TPSA) is 35.5 Å². The highest BCUT2D eigenvalue weighted by molar-refractivity contribution is 6.01. The van der Waals surface area contributed by atoms with Crippen LogP contribution >= 0.6 is 0 Å². The summed E-state index contributed by atoms with van der Waals surface area (Å²) in [5.74, 6) is 0.870. The van der Waals surface area contributed by atoms with Gasteiger partial charge in [-0.25, -0.2) is 0 Å². The van der Waals surface area contributed by atoms with Crippen molar-refractivity contribution in [3.8, 4) is 5.75 Å². The molecule has 2 rings (SSSR count). The van der Waals surface area contributed by atoms with Crippen molar-refractivity contribution >= 4 is 5.78 Å². The zero-order valence-electron chi connectivity index (χ0n) is 10.5. The monoisotopic (exact) mass is 234 g/mol. The fourth-order valence-electron chi connectivity index (χ4n) is 2.21. The summed E-state index contributed by atoms with van der Waals surface area (Å²) in [6.45, 7) is 3.93. The number of benzene rings is 1. The molecule has 0 N–H and O–H groups in total. The molecule has 0 aliphatic carbocycles. The highest BCUT2D eigenvalue weighted by Crippen LogP contribution is 2.25. The molecule has 1 aliphatic rings. The lowest BCUT2D eigenvalue weighted by Crippen LogP contribution is -2.21. The van der Waals surface area contributed by atoms with Crippen LogP contribution in [0.25, 0.3) is 0 Å². The Morgan fingerprint density at radius 1 is 1.41 bits per heavy atom. The predicted octanol–water partition coefficient (Wildman–Crippen LogP) is 2.75. The highest BCUT2D eigenvalue weighted by Gasteiger charge is 2.29. The van der Waals surface area contributed by atoms with Crippen molar-refractivity contribution in [3.63, 3.8) is 0 Å². The number of ketones is 1. The minimum absolute atomic E-state index is 0.0921. The van der Waals surface area contributed by atoms with Gasteiger partial charge in [0.15, 0.2) is 5.78 Å². The average molecular weight is 234 g/mol. The van der Waals surface area contributed by atoms with Gasteiger partial charge >= 0.3 is 0 Å². The van der Waals surface area contributed by atoms with Crippen LogP contribution in [0.1, 0.15) is 35.7 Å². The van der Waals surface area contributed by atoms with E-state index in [4.69, 9.17) is 9.47 Å². The van der Waals surface area contributed by atoms with Crippen molar-refractivity contribution in [1.29, 1.82) is 0 Å². The van der Waals surface area contributed by atoms with Gasteiger partial charge in [-0.15, -0.1) is 0 Å². The summed E-state index contributed by atoms with van der Waals surface area (Å²) in [5, 5.41) is 0. The summed E-state index contributed by atoms with van der Waals surface area (Å²) in [5.41, 5.74) is 1.68. The van der Waals surface area contributed by atoms with Crippen LogP contribution in [0.3, 0.4) is 0 Å². The third-order valence-corrected chi connectivity index (χ3v) is 3.22. The number of Topliss-reactive ketones (excluding diaryl/α,β-unsaturated/α-hetero) is 1. The minimum Gasteiger partial charge on any atom is -0.497 e. The van der Waals surface area contributed by atoms with Crippen LogP contribution in [-0.4, -0.2) is 25.1 Å². The summed E-state index contributed by atoms with van der Waals surface area (Å²) in [6.07, 6.45) is 1.72. The number of hydrogen-bond acceptors (Lipinski definition) is 3. The Balaban J connectivity index is 2.19. The van der Waals surface area contributed by atoms with Crippen molar-refractivity contribution in [3.05, 3.63) is 29.3 Å². The maximum Gasteiger partial charge on any atom is 0.191 e. The van der Waals surface area contributed by atoms with Gasteiger partial charge in [0.1, 0.15) is 11.9 Å². The first kappa shape index (κ1) is 12.1. The van der Waals surface area contributed by atoms with Gasteiger partial charge in [-0.1, -0.05) is 0 Å². The molecule has 2 atom stereocenters. The molecule has 1 aromatic rings. The average Bonchev–Trinajstić information content (AvgIpc) is 2.75. The molecule has 0 aromatic heterocycles. The summed E-state index contributed by atoms with van der Waals surface area (Å²) in [4.78, 5) is 12.2. The van der Waals surface area contributed by atoms with Gasteiger partial charge in [0.05, 0.1) is 13.2 Å². The van der Waals surface area contributed by atoms with E-state index in [0.717, 1.165) is 29.7 Å². The second-order valence-electron chi connectivity index (χ2n) is 4.56. The Bertz CT molecular complexity index is 425. The number of hydrogen-bond donors (Lipinski definition) is 0. The Hall–Kier alpha value is -1.35. The minimum atomic E-state index is -0.267. The number of carbonyl (C=O) groups excluding carboxylic acids is 1. The van der Waals surface area contributed by atoms with Crippen LogP contribution in [-0.2, 0) is 4.74 Å².